The van der Waals surface area contributed by atoms with Crippen molar-refractivity contribution in [1.82, 2.24) is 40.0 Å². The number of amides is 5. The van der Waals surface area contributed by atoms with Gasteiger partial charge in [-0.3, -0.25) is 38.8 Å². The van der Waals surface area contributed by atoms with Crippen LogP contribution in [0.1, 0.15) is 71.1 Å². The van der Waals surface area contributed by atoms with E-state index in [-0.39, 0.29) is 50.2 Å². The van der Waals surface area contributed by atoms with Crippen LogP contribution in [-0.2, 0) is 64.2 Å². The standard InChI is InChI=1S/C50H64N8O9/c1-10-56-41-14-13-32-22-36(41)37(45(56)38-24-51-16-15-33(38)27-66-9)23-50(5,6)28-67-49(65)39-12-11-17-58(53-39)47(63)40(20-31-18-34(32)21-35(60)19-31)52-46(62)44(29(2)3)55(8)43(61)26-54(7)48(64)42-25-57(42)30(4)59/h13-16,18-19,21-22,24,29,39-40,42,44,53,60H,10-12,17,20,23,25-28H2,1-9H3,(H,52,62)/t39-,40-,42-,44-,57?/m0/s1. The number of aryl methyl sites for hydroxylation is 1. The second-order valence-electron chi connectivity index (χ2n) is 19.3. The number of carbonyl (C=O) groups is 6. The molecular formula is C50H64N8O9. The van der Waals surface area contributed by atoms with Crippen molar-refractivity contribution in [3.63, 3.8) is 0 Å². The van der Waals surface area contributed by atoms with E-state index in [1.165, 1.54) is 40.7 Å². The van der Waals surface area contributed by atoms with Gasteiger partial charge in [-0.25, -0.2) is 5.43 Å². The van der Waals surface area contributed by atoms with Crippen molar-refractivity contribution in [3.8, 4) is 28.1 Å². The van der Waals surface area contributed by atoms with Crippen molar-refractivity contribution >= 4 is 46.4 Å². The fraction of sp³-hybridized carbons (Fsp3) is 0.500. The van der Waals surface area contributed by atoms with Crippen LogP contribution in [0.2, 0.25) is 0 Å². The van der Waals surface area contributed by atoms with Gasteiger partial charge in [0.2, 0.25) is 23.6 Å². The topological polar surface area (TPSA) is 196 Å². The first kappa shape index (κ1) is 48.6. The molecule has 358 valence electrons. The number of phenolic OH excluding ortho intramolecular Hbond substituents is 1. The van der Waals surface area contributed by atoms with Gasteiger partial charge in [0.1, 0.15) is 29.9 Å². The summed E-state index contributed by atoms with van der Waals surface area (Å²) in [7, 11) is 4.62. The van der Waals surface area contributed by atoms with E-state index in [0.29, 0.717) is 43.5 Å². The first-order valence-electron chi connectivity index (χ1n) is 23.0. The number of esters is 1. The molecule has 2 saturated heterocycles. The molecule has 0 aliphatic carbocycles. The summed E-state index contributed by atoms with van der Waals surface area (Å²) in [5, 5.41) is 16.6. The van der Waals surface area contributed by atoms with Crippen molar-refractivity contribution in [2.24, 2.45) is 11.3 Å². The van der Waals surface area contributed by atoms with Crippen molar-refractivity contribution in [2.45, 2.75) is 105 Å². The molecule has 67 heavy (non-hydrogen) atoms. The lowest BCUT2D eigenvalue weighted by Crippen LogP contribution is -2.62. The summed E-state index contributed by atoms with van der Waals surface area (Å²) in [5.41, 5.74) is 9.55. The van der Waals surface area contributed by atoms with Crippen LogP contribution in [0.5, 0.6) is 5.75 Å². The summed E-state index contributed by atoms with van der Waals surface area (Å²) in [6.45, 7) is 12.5. The first-order chi connectivity index (χ1) is 31.8. The molecule has 5 heterocycles. The molecule has 0 saturated carbocycles. The summed E-state index contributed by atoms with van der Waals surface area (Å²) in [6.07, 6.45) is 5.01. The van der Waals surface area contributed by atoms with Gasteiger partial charge in [-0.05, 0) is 90.3 Å². The Labute approximate surface area is 391 Å². The number of aromatic hydroxyl groups is 1. The van der Waals surface area contributed by atoms with Crippen LogP contribution >= 0.6 is 0 Å². The lowest BCUT2D eigenvalue weighted by atomic mass is 9.84. The van der Waals surface area contributed by atoms with E-state index in [4.69, 9.17) is 9.47 Å². The van der Waals surface area contributed by atoms with E-state index in [1.54, 1.807) is 39.3 Å². The number of fused-ring (bicyclic) bond motifs is 6. The van der Waals surface area contributed by atoms with E-state index in [1.807, 2.05) is 24.4 Å². The molecule has 2 aromatic heterocycles. The Hall–Kier alpha value is -6.33. The van der Waals surface area contributed by atoms with Crippen LogP contribution in [0, 0.1) is 11.3 Å². The highest BCUT2D eigenvalue weighted by molar-refractivity contribution is 5.97. The number of likely N-dealkylation sites (N-methyl/N-ethyl adjacent to an activating group) is 2. The molecule has 3 N–H and O–H groups in total. The van der Waals surface area contributed by atoms with E-state index < -0.39 is 59.2 Å². The van der Waals surface area contributed by atoms with E-state index in [9.17, 15) is 33.9 Å². The number of cyclic esters (lactones) is 1. The SMILES string of the molecule is CCn1c(-c2cnccc2COC)c2c3cc(ccc31)-c1cc(O)cc(c1)C[C@H](NC(=O)[C@H](C(C)C)N(C)C(=O)CN(C)C(=O)[C@@H]1CN1C(C)=O)C(=O)N1CCC[C@H](N1)C(=O)OCC(C)(C)C2. The molecule has 3 aliphatic heterocycles. The fourth-order valence-electron chi connectivity index (χ4n) is 9.61. The highest BCUT2D eigenvalue weighted by Crippen LogP contribution is 2.41. The molecule has 0 spiro atoms. The van der Waals surface area contributed by atoms with Crippen molar-refractivity contribution in [3.05, 3.63) is 71.5 Å². The minimum atomic E-state index is -1.21. The van der Waals surface area contributed by atoms with Gasteiger partial charge in [0.05, 0.1) is 32.0 Å². The van der Waals surface area contributed by atoms with E-state index >= 15 is 0 Å². The van der Waals surface area contributed by atoms with Gasteiger partial charge < -0.3 is 39.2 Å². The maximum Gasteiger partial charge on any atom is 0.324 e. The highest BCUT2D eigenvalue weighted by atomic mass is 16.5. The molecule has 17 nitrogen and oxygen atoms in total. The predicted molar refractivity (Wildman–Crippen MR) is 251 cm³/mol. The molecule has 0 unspecified atom stereocenters. The van der Waals surface area contributed by atoms with Crippen LogP contribution in [0.25, 0.3) is 33.3 Å². The Morgan fingerprint density at radius 1 is 1.07 bits per heavy atom. The number of benzene rings is 2. The maximum absolute atomic E-state index is 14.7. The van der Waals surface area contributed by atoms with Crippen LogP contribution in [0.3, 0.4) is 0 Å². The highest BCUT2D eigenvalue weighted by Gasteiger charge is 2.45. The fourth-order valence-corrected chi connectivity index (χ4v) is 9.61. The minimum absolute atomic E-state index is 0.0344. The van der Waals surface area contributed by atoms with Crippen LogP contribution in [-0.4, -0.2) is 141 Å². The molecule has 4 aromatic rings. The third kappa shape index (κ3) is 10.5. The summed E-state index contributed by atoms with van der Waals surface area (Å²) in [5.74, 6) is -3.18. The number of nitrogens with zero attached hydrogens (tertiary/aromatic N) is 6. The summed E-state index contributed by atoms with van der Waals surface area (Å²) in [6, 6.07) is 9.55. The molecule has 4 atom stereocenters. The molecule has 2 fully saturated rings. The quantitative estimate of drug-likeness (QED) is 0.145. The van der Waals surface area contributed by atoms with Gasteiger partial charge in [-0.1, -0.05) is 39.8 Å². The lowest BCUT2D eigenvalue weighted by Gasteiger charge is -2.37. The molecule has 7 rings (SSSR count). The molecule has 6 bridgehead atoms. The van der Waals surface area contributed by atoms with Crippen LogP contribution in [0.15, 0.2) is 54.9 Å². The Kier molecular flexibility index (Phi) is 14.4. The zero-order valence-corrected chi connectivity index (χ0v) is 40.1. The zero-order chi connectivity index (χ0) is 48.5. The molecule has 5 amide bonds. The summed E-state index contributed by atoms with van der Waals surface area (Å²) < 4.78 is 14.0. The number of hydrogen-bond acceptors (Lipinski definition) is 11. The van der Waals surface area contributed by atoms with Crippen molar-refractivity contribution in [1.29, 1.82) is 0 Å². The average molecular weight is 921 g/mol. The zero-order valence-electron chi connectivity index (χ0n) is 40.1. The summed E-state index contributed by atoms with van der Waals surface area (Å²) in [4.78, 5) is 90.0. The van der Waals surface area contributed by atoms with Gasteiger partial charge in [0.25, 0.3) is 5.91 Å². The van der Waals surface area contributed by atoms with E-state index in [0.717, 1.165) is 38.9 Å². The second kappa shape index (κ2) is 19.9. The number of pyridine rings is 1. The Balaban J connectivity index is 1.27. The lowest BCUT2D eigenvalue weighted by molar-refractivity contribution is -0.155. The molecule has 17 heteroatoms. The molecule has 0 radical (unpaired) electrons. The van der Waals surface area contributed by atoms with Gasteiger partial charge >= 0.3 is 5.97 Å². The van der Waals surface area contributed by atoms with E-state index in [2.05, 4.69) is 53.2 Å². The number of hydrazine groups is 1. The van der Waals surface area contributed by atoms with Crippen LogP contribution in [0.4, 0.5) is 0 Å². The predicted octanol–water partition coefficient (Wildman–Crippen LogP) is 4.06. The Morgan fingerprint density at radius 3 is 2.52 bits per heavy atom. The third-order valence-corrected chi connectivity index (χ3v) is 13.1. The van der Waals surface area contributed by atoms with Gasteiger partial charge in [-0.15, -0.1) is 0 Å². The number of nitrogens with one attached hydrogen (secondary N) is 2. The van der Waals surface area contributed by atoms with Crippen LogP contribution < -0.4 is 10.7 Å². The minimum Gasteiger partial charge on any atom is -0.508 e. The third-order valence-electron chi connectivity index (χ3n) is 13.1. The largest absolute Gasteiger partial charge is 0.508 e. The number of rotatable bonds is 11. The van der Waals surface area contributed by atoms with Crippen molar-refractivity contribution < 1.29 is 43.3 Å². The number of hydrogen-bond donors (Lipinski definition) is 3. The number of carbonyl (C=O) groups excluding carboxylic acids is 6. The second-order valence-corrected chi connectivity index (χ2v) is 19.3. The molecule has 2 aromatic carbocycles. The van der Waals surface area contributed by atoms with Crippen molar-refractivity contribution in [2.75, 3.05) is 47.4 Å². The summed E-state index contributed by atoms with van der Waals surface area (Å²) >= 11 is 0. The normalized spacial score (nSPS) is 19.9. The average Bonchev–Trinajstić information content (AvgIpc) is 4.05. The smallest absolute Gasteiger partial charge is 0.324 e. The number of methoxy groups -OCH3 is 1. The number of aromatic nitrogens is 2. The Bertz CT molecular complexity index is 2570. The van der Waals surface area contributed by atoms with Gasteiger partial charge in [0, 0.05) is 81.9 Å². The number of phenols is 1. The van der Waals surface area contributed by atoms with Gasteiger partial charge in [0.15, 0.2) is 0 Å². The first-order valence-corrected chi connectivity index (χ1v) is 23.0. The maximum atomic E-state index is 14.7. The molecular weight excluding hydrogens is 857 g/mol. The number of ether oxygens (including phenoxy) is 2. The molecule has 3 aliphatic rings. The monoisotopic (exact) mass is 920 g/mol. The Morgan fingerprint density at radius 2 is 1.84 bits per heavy atom. The van der Waals surface area contributed by atoms with Gasteiger partial charge in [-0.2, -0.15) is 0 Å².